The van der Waals surface area contributed by atoms with Crippen molar-refractivity contribution in [2.24, 2.45) is 0 Å². The average Bonchev–Trinajstić information content (AvgIpc) is 2.38. The molecule has 0 aliphatic heterocycles. The van der Waals surface area contributed by atoms with Crippen molar-refractivity contribution in [3.05, 3.63) is 28.8 Å². The first kappa shape index (κ1) is 16.3. The molecule has 0 fully saturated rings. The molecule has 4 heteroatoms. The van der Waals surface area contributed by atoms with Crippen LogP contribution in [-0.2, 0) is 11.3 Å². The third kappa shape index (κ3) is 5.01. The SMILES string of the molecule is CCNCc1ccc(N(CCOC)C(C)C)cc1Cl. The molecule has 0 saturated heterocycles. The molecule has 108 valence electrons. The van der Waals surface area contributed by atoms with Gasteiger partial charge in [-0.15, -0.1) is 0 Å². The first-order chi connectivity index (χ1) is 9.10. The molecule has 1 aromatic carbocycles. The minimum absolute atomic E-state index is 0.422. The molecule has 0 unspecified atom stereocenters. The van der Waals surface area contributed by atoms with E-state index in [1.54, 1.807) is 7.11 Å². The summed E-state index contributed by atoms with van der Waals surface area (Å²) in [5.41, 5.74) is 2.29. The number of benzene rings is 1. The highest BCUT2D eigenvalue weighted by atomic mass is 35.5. The van der Waals surface area contributed by atoms with Crippen LogP contribution in [0.25, 0.3) is 0 Å². The van der Waals surface area contributed by atoms with Gasteiger partial charge in [-0.3, -0.25) is 0 Å². The molecule has 0 aromatic heterocycles. The standard InChI is InChI=1S/C15H25ClN2O/c1-5-17-11-13-6-7-14(10-15(13)16)18(12(2)3)8-9-19-4/h6-7,10,12,17H,5,8-9,11H2,1-4H3. The van der Waals surface area contributed by atoms with Gasteiger partial charge in [0.1, 0.15) is 0 Å². The summed E-state index contributed by atoms with van der Waals surface area (Å²) in [6.07, 6.45) is 0. The number of anilines is 1. The van der Waals surface area contributed by atoms with Crippen molar-refractivity contribution in [2.75, 3.05) is 31.7 Å². The Morgan fingerprint density at radius 1 is 1.37 bits per heavy atom. The fraction of sp³-hybridized carbons (Fsp3) is 0.600. The number of hydrogen-bond donors (Lipinski definition) is 1. The molecule has 0 spiro atoms. The molecule has 1 aromatic rings. The number of hydrogen-bond acceptors (Lipinski definition) is 3. The maximum absolute atomic E-state index is 6.35. The van der Waals surface area contributed by atoms with Gasteiger partial charge in [0, 0.05) is 37.0 Å². The predicted octanol–water partition coefficient (Wildman–Crippen LogP) is 3.31. The van der Waals surface area contributed by atoms with Gasteiger partial charge >= 0.3 is 0 Å². The van der Waals surface area contributed by atoms with Crippen molar-refractivity contribution in [1.82, 2.24) is 5.32 Å². The second-order valence-electron chi connectivity index (χ2n) is 4.84. The third-order valence-corrected chi connectivity index (χ3v) is 3.45. The summed E-state index contributed by atoms with van der Waals surface area (Å²) in [7, 11) is 1.73. The van der Waals surface area contributed by atoms with E-state index in [4.69, 9.17) is 16.3 Å². The lowest BCUT2D eigenvalue weighted by Crippen LogP contribution is -2.33. The van der Waals surface area contributed by atoms with E-state index in [2.05, 4.69) is 43.1 Å². The number of ether oxygens (including phenoxy) is 1. The van der Waals surface area contributed by atoms with Crippen LogP contribution in [0.4, 0.5) is 5.69 Å². The summed E-state index contributed by atoms with van der Waals surface area (Å²) in [5.74, 6) is 0. The Kier molecular flexibility index (Phi) is 7.21. The normalized spacial score (nSPS) is 11.1. The first-order valence-corrected chi connectivity index (χ1v) is 7.22. The van der Waals surface area contributed by atoms with Crippen LogP contribution in [0.15, 0.2) is 18.2 Å². The Morgan fingerprint density at radius 2 is 2.11 bits per heavy atom. The van der Waals surface area contributed by atoms with Crippen LogP contribution in [0, 0.1) is 0 Å². The van der Waals surface area contributed by atoms with Crippen LogP contribution in [0.1, 0.15) is 26.3 Å². The second kappa shape index (κ2) is 8.41. The van der Waals surface area contributed by atoms with E-state index in [0.29, 0.717) is 6.04 Å². The number of methoxy groups -OCH3 is 1. The molecule has 0 aliphatic rings. The Morgan fingerprint density at radius 3 is 2.63 bits per heavy atom. The lowest BCUT2D eigenvalue weighted by molar-refractivity contribution is 0.204. The highest BCUT2D eigenvalue weighted by molar-refractivity contribution is 6.31. The first-order valence-electron chi connectivity index (χ1n) is 6.84. The molecule has 0 saturated carbocycles. The van der Waals surface area contributed by atoms with Crippen molar-refractivity contribution in [1.29, 1.82) is 0 Å². The molecule has 1 N–H and O–H groups in total. The topological polar surface area (TPSA) is 24.5 Å². The fourth-order valence-corrected chi connectivity index (χ4v) is 2.23. The van der Waals surface area contributed by atoms with Crippen LogP contribution in [-0.4, -0.2) is 32.8 Å². The fourth-order valence-electron chi connectivity index (χ4n) is 1.99. The van der Waals surface area contributed by atoms with E-state index in [0.717, 1.165) is 42.5 Å². The second-order valence-corrected chi connectivity index (χ2v) is 5.24. The van der Waals surface area contributed by atoms with Gasteiger partial charge in [0.15, 0.2) is 0 Å². The van der Waals surface area contributed by atoms with Crippen molar-refractivity contribution in [2.45, 2.75) is 33.4 Å². The molecular formula is C15H25ClN2O. The minimum atomic E-state index is 0.422. The van der Waals surface area contributed by atoms with E-state index in [9.17, 15) is 0 Å². The van der Waals surface area contributed by atoms with Crippen LogP contribution in [0.5, 0.6) is 0 Å². The Balaban J connectivity index is 2.83. The van der Waals surface area contributed by atoms with E-state index >= 15 is 0 Å². The van der Waals surface area contributed by atoms with Gasteiger partial charge in [-0.25, -0.2) is 0 Å². The lowest BCUT2D eigenvalue weighted by Gasteiger charge is -2.29. The number of nitrogens with zero attached hydrogens (tertiary/aromatic N) is 1. The zero-order chi connectivity index (χ0) is 14.3. The van der Waals surface area contributed by atoms with E-state index < -0.39 is 0 Å². The van der Waals surface area contributed by atoms with Crippen molar-refractivity contribution < 1.29 is 4.74 Å². The van der Waals surface area contributed by atoms with E-state index in [-0.39, 0.29) is 0 Å². The lowest BCUT2D eigenvalue weighted by atomic mass is 10.1. The van der Waals surface area contributed by atoms with Gasteiger partial charge in [-0.2, -0.15) is 0 Å². The van der Waals surface area contributed by atoms with Crippen LogP contribution >= 0.6 is 11.6 Å². The van der Waals surface area contributed by atoms with Gasteiger partial charge in [-0.1, -0.05) is 24.6 Å². The quantitative estimate of drug-likeness (QED) is 0.793. The number of nitrogens with one attached hydrogen (secondary N) is 1. The van der Waals surface area contributed by atoms with E-state index in [1.165, 1.54) is 0 Å². The molecule has 1 rings (SSSR count). The summed E-state index contributed by atoms with van der Waals surface area (Å²) in [6, 6.07) is 6.70. The zero-order valence-corrected chi connectivity index (χ0v) is 13.1. The van der Waals surface area contributed by atoms with Crippen LogP contribution < -0.4 is 10.2 Å². The van der Waals surface area contributed by atoms with Crippen LogP contribution in [0.2, 0.25) is 5.02 Å². The zero-order valence-electron chi connectivity index (χ0n) is 12.4. The predicted molar refractivity (Wildman–Crippen MR) is 83.2 cm³/mol. The number of rotatable bonds is 8. The smallest absolute Gasteiger partial charge is 0.0637 e. The summed E-state index contributed by atoms with van der Waals surface area (Å²) < 4.78 is 5.17. The summed E-state index contributed by atoms with van der Waals surface area (Å²) >= 11 is 6.35. The van der Waals surface area contributed by atoms with Gasteiger partial charge < -0.3 is 15.0 Å². The van der Waals surface area contributed by atoms with Gasteiger partial charge in [0.25, 0.3) is 0 Å². The molecule has 3 nitrogen and oxygen atoms in total. The number of halogens is 1. The summed E-state index contributed by atoms with van der Waals surface area (Å²) in [6.45, 7) is 9.80. The molecule has 0 aliphatic carbocycles. The maximum Gasteiger partial charge on any atom is 0.0637 e. The van der Waals surface area contributed by atoms with Gasteiger partial charge in [-0.05, 0) is 38.1 Å². The van der Waals surface area contributed by atoms with Crippen molar-refractivity contribution >= 4 is 17.3 Å². The molecular weight excluding hydrogens is 260 g/mol. The minimum Gasteiger partial charge on any atom is -0.383 e. The highest BCUT2D eigenvalue weighted by Crippen LogP contribution is 2.25. The monoisotopic (exact) mass is 284 g/mol. The van der Waals surface area contributed by atoms with Crippen LogP contribution in [0.3, 0.4) is 0 Å². The van der Waals surface area contributed by atoms with Gasteiger partial charge in [0.2, 0.25) is 0 Å². The molecule has 0 bridgehead atoms. The highest BCUT2D eigenvalue weighted by Gasteiger charge is 2.12. The Bertz CT molecular complexity index is 382. The molecule has 19 heavy (non-hydrogen) atoms. The average molecular weight is 285 g/mol. The van der Waals surface area contributed by atoms with Crippen molar-refractivity contribution in [3.8, 4) is 0 Å². The van der Waals surface area contributed by atoms with E-state index in [1.807, 2.05) is 6.07 Å². The summed E-state index contributed by atoms with van der Waals surface area (Å²) in [5, 5.41) is 4.11. The molecule has 0 amide bonds. The maximum atomic E-state index is 6.35. The molecule has 0 radical (unpaired) electrons. The Labute approximate surface area is 121 Å². The molecule has 0 atom stereocenters. The molecule has 0 heterocycles. The Hall–Kier alpha value is -0.770. The largest absolute Gasteiger partial charge is 0.383 e. The summed E-state index contributed by atoms with van der Waals surface area (Å²) in [4.78, 5) is 2.30. The van der Waals surface area contributed by atoms with Crippen molar-refractivity contribution in [3.63, 3.8) is 0 Å². The van der Waals surface area contributed by atoms with Gasteiger partial charge in [0.05, 0.1) is 6.61 Å². The third-order valence-electron chi connectivity index (χ3n) is 3.09.